The summed E-state index contributed by atoms with van der Waals surface area (Å²) < 4.78 is 39.0. The Balaban J connectivity index is 2.12. The molecule has 8 nitrogen and oxygen atoms in total. The number of hydrogen-bond donors (Lipinski definition) is 4. The second-order valence-corrected chi connectivity index (χ2v) is 6.45. The zero-order chi connectivity index (χ0) is 20.1. The molecule has 0 bridgehead atoms. The van der Waals surface area contributed by atoms with E-state index >= 15 is 0 Å². The molecule has 0 radical (unpaired) electrons. The molecule has 0 spiro atoms. The van der Waals surface area contributed by atoms with Crippen molar-refractivity contribution in [3.05, 3.63) is 35.4 Å². The van der Waals surface area contributed by atoms with E-state index in [9.17, 15) is 37.5 Å². The van der Waals surface area contributed by atoms with Gasteiger partial charge in [-0.3, -0.25) is 29.8 Å². The van der Waals surface area contributed by atoms with Crippen molar-refractivity contribution in [3.8, 4) is 0 Å². The van der Waals surface area contributed by atoms with E-state index in [1.54, 1.807) is 0 Å². The maximum atomic E-state index is 13.0. The smallest absolute Gasteiger partial charge is 0.416 e. The molecule has 1 aromatic rings. The van der Waals surface area contributed by atoms with Gasteiger partial charge in [0.15, 0.2) is 0 Å². The van der Waals surface area contributed by atoms with Crippen LogP contribution in [0.3, 0.4) is 0 Å². The third kappa shape index (κ3) is 2.93. The summed E-state index contributed by atoms with van der Waals surface area (Å²) in [4.78, 5) is 47.4. The standard InChI is InChI=1S/C16H13F3N2O6/c17-16(18,19)7-3-1-2-6(4-7)11-9-10(13(25)20-12(9)24)15(21-11,14(26)27)5-8(22)23/h1-4,9-11,21H,5H2,(H,22,23)(H,26,27)(H,20,24,25). The number of halogens is 3. The quantitative estimate of drug-likeness (QED) is 0.555. The summed E-state index contributed by atoms with van der Waals surface area (Å²) in [5.41, 5.74) is -3.42. The van der Waals surface area contributed by atoms with Crippen molar-refractivity contribution in [1.82, 2.24) is 10.6 Å². The van der Waals surface area contributed by atoms with Crippen LogP contribution in [0.5, 0.6) is 0 Å². The average molecular weight is 386 g/mol. The molecule has 0 aromatic heterocycles. The minimum atomic E-state index is -4.67. The van der Waals surface area contributed by atoms with E-state index in [1.165, 1.54) is 6.07 Å². The van der Waals surface area contributed by atoms with Crippen molar-refractivity contribution >= 4 is 23.8 Å². The number of fused-ring (bicyclic) bond motifs is 1. The van der Waals surface area contributed by atoms with Gasteiger partial charge >= 0.3 is 18.1 Å². The van der Waals surface area contributed by atoms with Crippen molar-refractivity contribution in [1.29, 1.82) is 0 Å². The van der Waals surface area contributed by atoms with Crippen molar-refractivity contribution in [2.45, 2.75) is 24.2 Å². The zero-order valence-electron chi connectivity index (χ0n) is 13.4. The van der Waals surface area contributed by atoms with Crippen LogP contribution in [0.1, 0.15) is 23.6 Å². The van der Waals surface area contributed by atoms with Gasteiger partial charge in [-0.15, -0.1) is 0 Å². The Morgan fingerprint density at radius 2 is 1.81 bits per heavy atom. The lowest BCUT2D eigenvalue weighted by molar-refractivity contribution is -0.154. The van der Waals surface area contributed by atoms with Crippen molar-refractivity contribution in [2.24, 2.45) is 11.8 Å². The molecule has 144 valence electrons. The molecule has 4 atom stereocenters. The molecule has 0 aliphatic carbocycles. The second kappa shape index (κ2) is 6.05. The fraction of sp³-hybridized carbons (Fsp3) is 0.375. The number of nitrogens with one attached hydrogen (secondary N) is 2. The van der Waals surface area contributed by atoms with Gasteiger partial charge in [0.25, 0.3) is 0 Å². The monoisotopic (exact) mass is 386 g/mol. The van der Waals surface area contributed by atoms with Gasteiger partial charge in [0.2, 0.25) is 11.8 Å². The van der Waals surface area contributed by atoms with E-state index in [4.69, 9.17) is 5.11 Å². The molecular weight excluding hydrogens is 373 g/mol. The summed E-state index contributed by atoms with van der Waals surface area (Å²) in [6.07, 6.45) is -5.70. The number of carbonyl (C=O) groups excluding carboxylic acids is 2. The van der Waals surface area contributed by atoms with Crippen molar-refractivity contribution in [2.75, 3.05) is 0 Å². The summed E-state index contributed by atoms with van der Waals surface area (Å²) in [6.45, 7) is 0. The number of benzene rings is 1. The van der Waals surface area contributed by atoms with Crippen LogP contribution in [0.25, 0.3) is 0 Å². The molecule has 27 heavy (non-hydrogen) atoms. The van der Waals surface area contributed by atoms with E-state index in [0.717, 1.165) is 18.2 Å². The number of carboxylic acid groups (broad SMARTS) is 2. The van der Waals surface area contributed by atoms with Crippen LogP contribution in [0.2, 0.25) is 0 Å². The van der Waals surface area contributed by atoms with Crippen LogP contribution < -0.4 is 10.6 Å². The maximum Gasteiger partial charge on any atom is 0.416 e. The van der Waals surface area contributed by atoms with E-state index < -0.39 is 65.3 Å². The molecule has 11 heteroatoms. The summed E-state index contributed by atoms with van der Waals surface area (Å²) >= 11 is 0. The van der Waals surface area contributed by atoms with E-state index in [0.29, 0.717) is 0 Å². The van der Waals surface area contributed by atoms with Crippen molar-refractivity contribution < 1.29 is 42.6 Å². The predicted octanol–water partition coefficient (Wildman–Crippen LogP) is 0.537. The number of amides is 2. The maximum absolute atomic E-state index is 13.0. The Bertz CT molecular complexity index is 855. The Kier molecular flexibility index (Phi) is 4.22. The molecule has 0 saturated carbocycles. The van der Waals surface area contributed by atoms with Gasteiger partial charge in [-0.1, -0.05) is 12.1 Å². The lowest BCUT2D eigenvalue weighted by Crippen LogP contribution is -2.56. The van der Waals surface area contributed by atoms with Gasteiger partial charge in [0, 0.05) is 6.04 Å². The van der Waals surface area contributed by atoms with Crippen LogP contribution in [-0.2, 0) is 25.4 Å². The van der Waals surface area contributed by atoms with Crippen molar-refractivity contribution in [3.63, 3.8) is 0 Å². The minimum absolute atomic E-state index is 0.0711. The summed E-state index contributed by atoms with van der Waals surface area (Å²) in [5, 5.41) is 23.1. The van der Waals surface area contributed by atoms with E-state index in [2.05, 4.69) is 5.32 Å². The molecular formula is C16H13F3N2O6. The molecule has 1 aromatic carbocycles. The number of carboxylic acids is 2. The molecule has 2 aliphatic rings. The van der Waals surface area contributed by atoms with Gasteiger partial charge in [-0.2, -0.15) is 13.2 Å². The molecule has 4 N–H and O–H groups in total. The Hall–Kier alpha value is -2.95. The molecule has 2 saturated heterocycles. The SMILES string of the molecule is O=C(O)CC1(C(=O)O)NC(c2cccc(C(F)(F)F)c2)C2C(=O)NC(=O)C21. The molecule has 2 amide bonds. The lowest BCUT2D eigenvalue weighted by atomic mass is 9.77. The highest BCUT2D eigenvalue weighted by molar-refractivity contribution is 6.10. The lowest BCUT2D eigenvalue weighted by Gasteiger charge is -2.28. The first-order valence-electron chi connectivity index (χ1n) is 7.72. The Morgan fingerprint density at radius 1 is 1.15 bits per heavy atom. The van der Waals surface area contributed by atoms with Crippen LogP contribution >= 0.6 is 0 Å². The van der Waals surface area contributed by atoms with Crippen LogP contribution in [0.4, 0.5) is 13.2 Å². The number of imide groups is 1. The molecule has 2 aliphatic heterocycles. The zero-order valence-corrected chi connectivity index (χ0v) is 13.4. The van der Waals surface area contributed by atoms with Crippen LogP contribution in [-0.4, -0.2) is 39.5 Å². The summed E-state index contributed by atoms with van der Waals surface area (Å²) in [5.74, 6) is -7.99. The number of rotatable bonds is 4. The van der Waals surface area contributed by atoms with Gasteiger partial charge in [0.1, 0.15) is 5.54 Å². The minimum Gasteiger partial charge on any atom is -0.481 e. The normalized spacial score (nSPS) is 30.1. The second-order valence-electron chi connectivity index (χ2n) is 6.45. The summed E-state index contributed by atoms with van der Waals surface area (Å²) in [7, 11) is 0. The van der Waals surface area contributed by atoms with Crippen LogP contribution in [0.15, 0.2) is 24.3 Å². The summed E-state index contributed by atoms with van der Waals surface area (Å²) in [6, 6.07) is 2.60. The topological polar surface area (TPSA) is 133 Å². The third-order valence-corrected chi connectivity index (χ3v) is 4.88. The molecule has 4 unspecified atom stereocenters. The third-order valence-electron chi connectivity index (χ3n) is 4.88. The van der Waals surface area contributed by atoms with Gasteiger partial charge in [-0.25, -0.2) is 0 Å². The highest BCUT2D eigenvalue weighted by Crippen LogP contribution is 2.48. The largest absolute Gasteiger partial charge is 0.481 e. The van der Waals surface area contributed by atoms with Gasteiger partial charge in [0.05, 0.1) is 23.8 Å². The molecule has 2 fully saturated rings. The van der Waals surface area contributed by atoms with E-state index in [1.807, 2.05) is 5.32 Å². The number of alkyl halides is 3. The highest BCUT2D eigenvalue weighted by Gasteiger charge is 2.67. The first-order chi connectivity index (χ1) is 12.5. The number of hydrogen-bond acceptors (Lipinski definition) is 5. The number of carbonyl (C=O) groups is 4. The fourth-order valence-electron chi connectivity index (χ4n) is 3.80. The first-order valence-corrected chi connectivity index (χ1v) is 7.72. The first kappa shape index (κ1) is 18.8. The average Bonchev–Trinajstić information content (AvgIpc) is 3.04. The Labute approximate surface area is 149 Å². The number of aliphatic carboxylic acids is 2. The fourth-order valence-corrected chi connectivity index (χ4v) is 3.80. The molecule has 3 rings (SSSR count). The van der Waals surface area contributed by atoms with E-state index in [-0.39, 0.29) is 5.56 Å². The molecule has 2 heterocycles. The van der Waals surface area contributed by atoms with Crippen LogP contribution in [0, 0.1) is 11.8 Å². The van der Waals surface area contributed by atoms with Gasteiger partial charge < -0.3 is 10.2 Å². The Morgan fingerprint density at radius 3 is 2.37 bits per heavy atom. The predicted molar refractivity (Wildman–Crippen MR) is 80.1 cm³/mol. The van der Waals surface area contributed by atoms with Gasteiger partial charge in [-0.05, 0) is 17.7 Å². The highest BCUT2D eigenvalue weighted by atomic mass is 19.4.